The summed E-state index contributed by atoms with van der Waals surface area (Å²) in [4.78, 5) is 27.3. The molecule has 0 unspecified atom stereocenters. The van der Waals surface area contributed by atoms with Gasteiger partial charge in [0.2, 0.25) is 0 Å². The van der Waals surface area contributed by atoms with Crippen LogP contribution in [0.25, 0.3) is 11.0 Å². The van der Waals surface area contributed by atoms with E-state index < -0.39 is 23.8 Å². The lowest BCUT2D eigenvalue weighted by atomic mass is 10.0. The van der Waals surface area contributed by atoms with Crippen LogP contribution >= 0.6 is 11.8 Å². The number of thioether (sulfide) groups is 1. The van der Waals surface area contributed by atoms with E-state index in [0.29, 0.717) is 33.3 Å². The number of nitrogens with one attached hydrogen (secondary N) is 1. The molecule has 0 saturated heterocycles. The molecular formula is C21H22F3N5OS. The summed E-state index contributed by atoms with van der Waals surface area (Å²) >= 11 is 1.32. The van der Waals surface area contributed by atoms with Gasteiger partial charge in [0.25, 0.3) is 12.3 Å². The number of fused-ring (bicyclic) bond motifs is 1. The molecule has 0 radical (unpaired) electrons. The monoisotopic (exact) mass is 449 g/mol. The third-order valence-corrected chi connectivity index (χ3v) is 5.40. The van der Waals surface area contributed by atoms with E-state index >= 15 is 0 Å². The van der Waals surface area contributed by atoms with Crippen LogP contribution in [0.2, 0.25) is 0 Å². The van der Waals surface area contributed by atoms with Crippen molar-refractivity contribution in [2.45, 2.75) is 31.3 Å². The summed E-state index contributed by atoms with van der Waals surface area (Å²) in [5.41, 5.74) is 0.197. The lowest BCUT2D eigenvalue weighted by molar-refractivity contribution is 0.0823. The molecule has 10 heteroatoms. The van der Waals surface area contributed by atoms with Gasteiger partial charge in [0.05, 0.1) is 22.6 Å². The van der Waals surface area contributed by atoms with Crippen molar-refractivity contribution < 1.29 is 18.0 Å². The van der Waals surface area contributed by atoms with Crippen LogP contribution < -0.4 is 5.32 Å². The Balaban J connectivity index is 2.11. The van der Waals surface area contributed by atoms with Gasteiger partial charge in [-0.15, -0.1) is 11.8 Å². The maximum atomic E-state index is 14.6. The number of carbonyl (C=O) groups excluding carboxylic acids is 1. The first-order valence-electron chi connectivity index (χ1n) is 9.42. The summed E-state index contributed by atoms with van der Waals surface area (Å²) in [5.74, 6) is -0.423. The number of aromatic nitrogens is 3. The lowest BCUT2D eigenvalue weighted by Crippen LogP contribution is -2.23. The molecule has 0 aliphatic rings. The molecule has 1 atom stereocenters. The molecule has 2 heterocycles. The van der Waals surface area contributed by atoms with Crippen molar-refractivity contribution >= 4 is 34.5 Å². The molecule has 0 aliphatic carbocycles. The number of aryl methyl sites for hydroxylation is 1. The van der Waals surface area contributed by atoms with Gasteiger partial charge in [-0.05, 0) is 26.2 Å². The lowest BCUT2D eigenvalue weighted by Gasteiger charge is -2.19. The Morgan fingerprint density at radius 1 is 1.16 bits per heavy atom. The zero-order chi connectivity index (χ0) is 22.9. The minimum Gasteiger partial charge on any atom is -0.363 e. The van der Waals surface area contributed by atoms with Crippen LogP contribution in [0.15, 0.2) is 29.3 Å². The third kappa shape index (κ3) is 4.58. The molecule has 3 aromatic rings. The third-order valence-electron chi connectivity index (χ3n) is 4.71. The highest BCUT2D eigenvalue weighted by Crippen LogP contribution is 2.31. The predicted molar refractivity (Wildman–Crippen MR) is 115 cm³/mol. The zero-order valence-electron chi connectivity index (χ0n) is 17.7. The van der Waals surface area contributed by atoms with Crippen molar-refractivity contribution in [2.75, 3.05) is 25.7 Å². The number of alkyl halides is 2. The van der Waals surface area contributed by atoms with E-state index in [1.54, 1.807) is 34.0 Å². The largest absolute Gasteiger partial charge is 0.363 e. The molecule has 1 N–H and O–H groups in total. The number of anilines is 1. The number of rotatable bonds is 6. The molecular weight excluding hydrogens is 427 g/mol. The summed E-state index contributed by atoms with van der Waals surface area (Å²) in [6, 6.07) is 4.87. The molecule has 0 fully saturated rings. The molecule has 31 heavy (non-hydrogen) atoms. The Hall–Kier alpha value is -2.88. The molecule has 3 rings (SSSR count). The molecule has 0 saturated carbocycles. The van der Waals surface area contributed by atoms with Crippen molar-refractivity contribution in [1.29, 1.82) is 0 Å². The van der Waals surface area contributed by atoms with Gasteiger partial charge in [-0.1, -0.05) is 18.2 Å². The number of carbonyl (C=O) groups is 1. The number of halogens is 3. The molecule has 0 aliphatic heterocycles. The van der Waals surface area contributed by atoms with Crippen LogP contribution in [0.4, 0.5) is 19.0 Å². The normalized spacial score (nSPS) is 12.3. The SMILES string of the molecule is CSc1nc2nc(C)nc(N[C@H](C)c3cccc(C(F)F)c3F)c2cc1C(=O)N(C)C. The number of hydrogen-bond acceptors (Lipinski definition) is 6. The summed E-state index contributed by atoms with van der Waals surface area (Å²) in [6.07, 6.45) is -1.10. The second-order valence-electron chi connectivity index (χ2n) is 7.15. The Labute approximate surface area is 182 Å². The Morgan fingerprint density at radius 3 is 2.45 bits per heavy atom. The van der Waals surface area contributed by atoms with Gasteiger partial charge in [-0.25, -0.2) is 28.1 Å². The highest BCUT2D eigenvalue weighted by molar-refractivity contribution is 7.98. The van der Waals surface area contributed by atoms with Gasteiger partial charge in [0.1, 0.15) is 22.5 Å². The Kier molecular flexibility index (Phi) is 6.68. The summed E-state index contributed by atoms with van der Waals surface area (Å²) in [6.45, 7) is 3.33. The first-order chi connectivity index (χ1) is 14.6. The van der Waals surface area contributed by atoms with Gasteiger partial charge in [0.15, 0.2) is 5.65 Å². The number of pyridine rings is 1. The van der Waals surface area contributed by atoms with Gasteiger partial charge >= 0.3 is 0 Å². The second kappa shape index (κ2) is 9.09. The molecule has 1 aromatic carbocycles. The van der Waals surface area contributed by atoms with E-state index in [4.69, 9.17) is 0 Å². The van der Waals surface area contributed by atoms with Crippen LogP contribution in [0.3, 0.4) is 0 Å². The molecule has 164 valence electrons. The summed E-state index contributed by atoms with van der Waals surface area (Å²) < 4.78 is 40.8. The van der Waals surface area contributed by atoms with E-state index in [2.05, 4.69) is 20.3 Å². The number of nitrogens with zero attached hydrogens (tertiary/aromatic N) is 4. The van der Waals surface area contributed by atoms with Crippen LogP contribution in [0.1, 0.15) is 46.7 Å². The van der Waals surface area contributed by atoms with E-state index in [1.165, 1.54) is 28.8 Å². The highest BCUT2D eigenvalue weighted by atomic mass is 32.2. The molecule has 6 nitrogen and oxygen atoms in total. The van der Waals surface area contributed by atoms with Gasteiger partial charge in [-0.3, -0.25) is 4.79 Å². The smallest absolute Gasteiger partial charge is 0.266 e. The number of amides is 1. The van der Waals surface area contributed by atoms with Crippen LogP contribution in [0, 0.1) is 12.7 Å². The topological polar surface area (TPSA) is 71.0 Å². The maximum Gasteiger partial charge on any atom is 0.266 e. The zero-order valence-corrected chi connectivity index (χ0v) is 18.5. The predicted octanol–water partition coefficient (Wildman–Crippen LogP) is 5.01. The number of hydrogen-bond donors (Lipinski definition) is 1. The van der Waals surface area contributed by atoms with Gasteiger partial charge in [0, 0.05) is 19.7 Å². The molecule has 0 bridgehead atoms. The summed E-state index contributed by atoms with van der Waals surface area (Å²) in [5, 5.41) is 4.08. The van der Waals surface area contributed by atoms with Crippen LogP contribution in [0.5, 0.6) is 0 Å². The van der Waals surface area contributed by atoms with Gasteiger partial charge < -0.3 is 10.2 Å². The van der Waals surface area contributed by atoms with Crippen molar-refractivity contribution in [3.05, 3.63) is 52.6 Å². The van der Waals surface area contributed by atoms with Crippen LogP contribution in [-0.2, 0) is 0 Å². The first-order valence-corrected chi connectivity index (χ1v) is 10.6. The van der Waals surface area contributed by atoms with E-state index in [1.807, 2.05) is 6.26 Å². The standard InChI is InChI=1S/C21H22F3N5OS/c1-10(12-7-6-8-13(16(12)22)17(23)24)25-18-14-9-15(21(30)29(3)4)20(31-5)28-19(14)27-11(2)26-18/h6-10,17H,1-5H3,(H,25,26,27,28)/t10-/m1/s1. The van der Waals surface area contributed by atoms with E-state index in [0.717, 1.165) is 6.07 Å². The van der Waals surface area contributed by atoms with Crippen LogP contribution in [-0.4, -0.2) is 46.1 Å². The minimum absolute atomic E-state index is 0.0838. The quantitative estimate of drug-likeness (QED) is 0.534. The van der Waals surface area contributed by atoms with Crippen molar-refractivity contribution in [3.63, 3.8) is 0 Å². The first kappa shape index (κ1) is 22.8. The Morgan fingerprint density at radius 2 is 1.84 bits per heavy atom. The molecule has 1 amide bonds. The average Bonchev–Trinajstić information content (AvgIpc) is 2.71. The summed E-state index contributed by atoms with van der Waals surface area (Å²) in [7, 11) is 3.28. The van der Waals surface area contributed by atoms with Crippen molar-refractivity contribution in [1.82, 2.24) is 19.9 Å². The maximum absolute atomic E-state index is 14.6. The Bertz CT molecular complexity index is 1140. The molecule has 2 aromatic heterocycles. The average molecular weight is 450 g/mol. The van der Waals surface area contributed by atoms with Crippen molar-refractivity contribution in [2.24, 2.45) is 0 Å². The fourth-order valence-corrected chi connectivity index (χ4v) is 3.70. The minimum atomic E-state index is -2.91. The second-order valence-corrected chi connectivity index (χ2v) is 7.95. The fourth-order valence-electron chi connectivity index (χ4n) is 3.16. The highest BCUT2D eigenvalue weighted by Gasteiger charge is 2.22. The fraction of sp³-hybridized carbons (Fsp3) is 0.333. The van der Waals surface area contributed by atoms with Gasteiger partial charge in [-0.2, -0.15) is 0 Å². The van der Waals surface area contributed by atoms with E-state index in [-0.39, 0.29) is 11.5 Å². The molecule has 0 spiro atoms. The number of benzene rings is 1. The van der Waals surface area contributed by atoms with Crippen molar-refractivity contribution in [3.8, 4) is 0 Å². The van der Waals surface area contributed by atoms with E-state index in [9.17, 15) is 18.0 Å².